The summed E-state index contributed by atoms with van der Waals surface area (Å²) >= 11 is 1.23. The Kier molecular flexibility index (Phi) is 3.76. The molecule has 4 N–H and O–H groups in total. The van der Waals surface area contributed by atoms with E-state index in [1.54, 1.807) is 13.8 Å². The number of aromatic nitrogens is 1. The second-order valence-corrected chi connectivity index (χ2v) is 4.60. The van der Waals surface area contributed by atoms with Gasteiger partial charge in [-0.2, -0.15) is 4.37 Å². The van der Waals surface area contributed by atoms with Gasteiger partial charge < -0.3 is 20.9 Å². The maximum Gasteiger partial charge on any atom is 0.197 e. The predicted octanol–water partition coefficient (Wildman–Crippen LogP) is 1.31. The minimum absolute atomic E-state index is 0.389. The Hall–Kier alpha value is -1.01. The van der Waals surface area contributed by atoms with Gasteiger partial charge in [0.1, 0.15) is 0 Å². The van der Waals surface area contributed by atoms with E-state index in [4.69, 9.17) is 10.5 Å². The van der Waals surface area contributed by atoms with Crippen molar-refractivity contribution < 1.29 is 9.84 Å². The molecule has 0 amide bonds. The number of anilines is 2. The molecule has 1 rings (SSSR count). The van der Waals surface area contributed by atoms with Crippen LogP contribution in [0.2, 0.25) is 0 Å². The summed E-state index contributed by atoms with van der Waals surface area (Å²) in [5.74, 6) is 0.965. The fourth-order valence-electron chi connectivity index (χ4n) is 0.987. The summed E-state index contributed by atoms with van der Waals surface area (Å²) in [6.07, 6.45) is 0. The van der Waals surface area contributed by atoms with E-state index < -0.39 is 5.60 Å². The first-order valence-electron chi connectivity index (χ1n) is 4.78. The van der Waals surface area contributed by atoms with Crippen molar-refractivity contribution in [2.75, 3.05) is 24.2 Å². The Morgan fingerprint density at radius 2 is 2.27 bits per heavy atom. The number of rotatable bonds is 5. The van der Waals surface area contributed by atoms with Crippen LogP contribution in [0.15, 0.2) is 0 Å². The van der Waals surface area contributed by atoms with Gasteiger partial charge in [-0.3, -0.25) is 0 Å². The number of ether oxygens (including phenoxy) is 1. The lowest BCUT2D eigenvalue weighted by molar-refractivity contribution is 0.0945. The van der Waals surface area contributed by atoms with Crippen molar-refractivity contribution in [3.8, 4) is 5.75 Å². The molecular weight excluding hydrogens is 214 g/mol. The third kappa shape index (κ3) is 3.56. The Bertz CT molecular complexity index is 320. The first-order chi connectivity index (χ1) is 6.94. The summed E-state index contributed by atoms with van der Waals surface area (Å²) < 4.78 is 9.34. The van der Waals surface area contributed by atoms with Gasteiger partial charge in [-0.15, -0.1) is 0 Å². The zero-order chi connectivity index (χ0) is 11.5. The van der Waals surface area contributed by atoms with E-state index in [0.29, 0.717) is 24.7 Å². The van der Waals surface area contributed by atoms with Gasteiger partial charge in [0.25, 0.3) is 0 Å². The van der Waals surface area contributed by atoms with Crippen LogP contribution in [0.1, 0.15) is 20.8 Å². The van der Waals surface area contributed by atoms with Crippen molar-refractivity contribution in [2.45, 2.75) is 26.4 Å². The number of nitrogens with zero attached hydrogens (tertiary/aromatic N) is 1. The second-order valence-electron chi connectivity index (χ2n) is 3.83. The first-order valence-corrected chi connectivity index (χ1v) is 5.55. The summed E-state index contributed by atoms with van der Waals surface area (Å²) in [4.78, 5) is 0. The summed E-state index contributed by atoms with van der Waals surface area (Å²) in [7, 11) is 0. The molecule has 0 unspecified atom stereocenters. The largest absolute Gasteiger partial charge is 0.487 e. The fraction of sp³-hybridized carbons (Fsp3) is 0.667. The van der Waals surface area contributed by atoms with E-state index in [0.717, 1.165) is 5.00 Å². The molecule has 0 saturated carbocycles. The van der Waals surface area contributed by atoms with Crippen molar-refractivity contribution in [1.82, 2.24) is 4.37 Å². The van der Waals surface area contributed by atoms with Crippen molar-refractivity contribution in [1.29, 1.82) is 0 Å². The zero-order valence-corrected chi connectivity index (χ0v) is 10.0. The van der Waals surface area contributed by atoms with Crippen LogP contribution in [0.5, 0.6) is 5.75 Å². The minimum atomic E-state index is -0.776. The molecule has 6 heteroatoms. The second kappa shape index (κ2) is 4.67. The van der Waals surface area contributed by atoms with Gasteiger partial charge in [0.2, 0.25) is 0 Å². The van der Waals surface area contributed by atoms with Crippen LogP contribution in [0.4, 0.5) is 10.8 Å². The topological polar surface area (TPSA) is 80.4 Å². The van der Waals surface area contributed by atoms with E-state index in [9.17, 15) is 5.11 Å². The van der Waals surface area contributed by atoms with Gasteiger partial charge in [0.15, 0.2) is 16.6 Å². The quantitative estimate of drug-likeness (QED) is 0.712. The monoisotopic (exact) mass is 231 g/mol. The van der Waals surface area contributed by atoms with Crippen LogP contribution in [0, 0.1) is 0 Å². The third-order valence-corrected chi connectivity index (χ3v) is 2.44. The molecular formula is C9H17N3O2S. The van der Waals surface area contributed by atoms with Crippen LogP contribution in [-0.4, -0.2) is 28.2 Å². The van der Waals surface area contributed by atoms with Gasteiger partial charge in [0, 0.05) is 6.54 Å². The van der Waals surface area contributed by atoms with Crippen LogP contribution >= 0.6 is 11.5 Å². The zero-order valence-electron chi connectivity index (χ0n) is 9.20. The van der Waals surface area contributed by atoms with Gasteiger partial charge in [0.05, 0.1) is 12.2 Å². The maximum absolute atomic E-state index is 9.56. The Balaban J connectivity index is 2.68. The van der Waals surface area contributed by atoms with Crippen molar-refractivity contribution in [3.63, 3.8) is 0 Å². The van der Waals surface area contributed by atoms with Crippen LogP contribution in [0.25, 0.3) is 0 Å². The summed E-state index contributed by atoms with van der Waals surface area (Å²) in [5, 5.41) is 13.4. The van der Waals surface area contributed by atoms with Crippen molar-refractivity contribution >= 4 is 22.4 Å². The number of nitrogen functional groups attached to an aromatic ring is 1. The van der Waals surface area contributed by atoms with Crippen molar-refractivity contribution in [3.05, 3.63) is 0 Å². The average Bonchev–Trinajstić information content (AvgIpc) is 2.45. The third-order valence-electron chi connectivity index (χ3n) is 1.64. The molecule has 1 aromatic heterocycles. The van der Waals surface area contributed by atoms with E-state index in [1.165, 1.54) is 11.5 Å². The summed E-state index contributed by atoms with van der Waals surface area (Å²) in [6, 6.07) is 0. The molecule has 0 fully saturated rings. The molecule has 0 saturated heterocycles. The number of hydrogen-bond acceptors (Lipinski definition) is 6. The lowest BCUT2D eigenvalue weighted by atomic mass is 10.1. The lowest BCUT2D eigenvalue weighted by Crippen LogP contribution is -2.29. The molecule has 0 aliphatic carbocycles. The summed E-state index contributed by atoms with van der Waals surface area (Å²) in [5.41, 5.74) is 4.86. The smallest absolute Gasteiger partial charge is 0.197 e. The molecule has 5 nitrogen and oxygen atoms in total. The Morgan fingerprint density at radius 3 is 2.80 bits per heavy atom. The molecule has 0 aromatic carbocycles. The molecule has 0 spiro atoms. The van der Waals surface area contributed by atoms with Crippen molar-refractivity contribution in [2.24, 2.45) is 0 Å². The van der Waals surface area contributed by atoms with Crippen LogP contribution in [0.3, 0.4) is 0 Å². The van der Waals surface area contributed by atoms with Gasteiger partial charge in [-0.1, -0.05) is 0 Å². The molecule has 1 aromatic rings. The normalized spacial score (nSPS) is 11.5. The highest BCUT2D eigenvalue weighted by atomic mass is 32.1. The van der Waals surface area contributed by atoms with E-state index in [-0.39, 0.29) is 0 Å². The standard InChI is InChI=1S/C9H17N3O2S/c1-4-14-6-7(10)12-15-8(6)11-5-9(2,3)13/h11,13H,4-5H2,1-3H3,(H2,10,12). The fourth-order valence-corrected chi connectivity index (χ4v) is 1.64. The predicted molar refractivity (Wildman–Crippen MR) is 62.5 cm³/mol. The highest BCUT2D eigenvalue weighted by Crippen LogP contribution is 2.35. The molecule has 0 bridgehead atoms. The van der Waals surface area contributed by atoms with Gasteiger partial charge in [-0.25, -0.2) is 0 Å². The van der Waals surface area contributed by atoms with Crippen LogP contribution in [-0.2, 0) is 0 Å². The number of nitrogens with one attached hydrogen (secondary N) is 1. The molecule has 1 heterocycles. The molecule has 86 valence electrons. The first kappa shape index (κ1) is 12.1. The minimum Gasteiger partial charge on any atom is -0.487 e. The average molecular weight is 231 g/mol. The maximum atomic E-state index is 9.56. The Morgan fingerprint density at radius 1 is 1.60 bits per heavy atom. The highest BCUT2D eigenvalue weighted by Gasteiger charge is 2.16. The number of nitrogens with two attached hydrogens (primary N) is 1. The van der Waals surface area contributed by atoms with Gasteiger partial charge in [-0.05, 0) is 32.3 Å². The summed E-state index contributed by atoms with van der Waals surface area (Å²) in [6.45, 7) is 6.31. The van der Waals surface area contributed by atoms with E-state index in [1.807, 2.05) is 6.92 Å². The van der Waals surface area contributed by atoms with Gasteiger partial charge >= 0.3 is 0 Å². The molecule has 0 aliphatic heterocycles. The Labute approximate surface area is 93.4 Å². The highest BCUT2D eigenvalue weighted by molar-refractivity contribution is 7.11. The molecule has 15 heavy (non-hydrogen) atoms. The number of hydrogen-bond donors (Lipinski definition) is 3. The molecule has 0 aliphatic rings. The number of aliphatic hydroxyl groups is 1. The lowest BCUT2D eigenvalue weighted by Gasteiger charge is -2.18. The SMILES string of the molecule is CCOc1c(N)nsc1NCC(C)(C)O. The van der Waals surface area contributed by atoms with Crippen LogP contribution < -0.4 is 15.8 Å². The molecule has 0 atom stereocenters. The molecule has 0 radical (unpaired) electrons. The van der Waals surface area contributed by atoms with E-state index in [2.05, 4.69) is 9.69 Å². The van der Waals surface area contributed by atoms with E-state index >= 15 is 0 Å².